The average molecular weight is 225 g/mol. The molecule has 0 unspecified atom stereocenters. The maximum atomic E-state index is 11.9. The van der Waals surface area contributed by atoms with Crippen LogP contribution in [0.1, 0.15) is 36.3 Å². The number of aromatic nitrogens is 1. The van der Waals surface area contributed by atoms with E-state index in [1.165, 1.54) is 11.1 Å². The molecule has 86 valence electrons. The van der Waals surface area contributed by atoms with Crippen LogP contribution in [-0.2, 0) is 6.54 Å². The first-order chi connectivity index (χ1) is 8.18. The molecule has 0 atom stereocenters. The van der Waals surface area contributed by atoms with E-state index in [0.717, 1.165) is 29.6 Å². The van der Waals surface area contributed by atoms with Gasteiger partial charge in [-0.2, -0.15) is 0 Å². The molecule has 0 spiro atoms. The molecular weight excluding hydrogens is 210 g/mol. The number of rotatable bonds is 1. The fraction of sp³-hybridized carbons (Fsp3) is 0.267. The van der Waals surface area contributed by atoms with Gasteiger partial charge in [-0.15, -0.1) is 0 Å². The Balaban J connectivity index is 2.45. The third kappa shape index (κ3) is 1.44. The van der Waals surface area contributed by atoms with E-state index in [2.05, 4.69) is 23.6 Å². The molecule has 2 heteroatoms. The third-order valence-corrected chi connectivity index (χ3v) is 3.48. The maximum absolute atomic E-state index is 11.9. The summed E-state index contributed by atoms with van der Waals surface area (Å²) < 4.78 is 2.26. The van der Waals surface area contributed by atoms with Crippen molar-refractivity contribution in [2.24, 2.45) is 0 Å². The van der Waals surface area contributed by atoms with Crippen LogP contribution in [0.2, 0.25) is 0 Å². The highest BCUT2D eigenvalue weighted by molar-refractivity contribution is 6.10. The molecule has 2 aromatic rings. The van der Waals surface area contributed by atoms with Crippen molar-refractivity contribution < 1.29 is 4.79 Å². The van der Waals surface area contributed by atoms with Gasteiger partial charge in [-0.25, -0.2) is 0 Å². The van der Waals surface area contributed by atoms with E-state index in [0.29, 0.717) is 0 Å². The topological polar surface area (TPSA) is 22.0 Å². The van der Waals surface area contributed by atoms with E-state index in [9.17, 15) is 4.79 Å². The maximum Gasteiger partial charge on any atom is 0.162 e. The predicted molar refractivity (Wildman–Crippen MR) is 70.2 cm³/mol. The molecule has 2 nitrogen and oxygen atoms in total. The molecule has 0 aliphatic carbocycles. The van der Waals surface area contributed by atoms with Crippen LogP contribution in [-0.4, -0.2) is 10.4 Å². The van der Waals surface area contributed by atoms with E-state index in [1.807, 2.05) is 18.2 Å². The van der Waals surface area contributed by atoms with E-state index < -0.39 is 0 Å². The number of ketones is 1. The number of hydrogen-bond donors (Lipinski definition) is 0. The number of carbonyl (C=O) groups excluding carboxylic acids is 1. The van der Waals surface area contributed by atoms with Crippen molar-refractivity contribution in [3.63, 3.8) is 0 Å². The minimum Gasteiger partial charge on any atom is -0.340 e. The number of aryl methyl sites for hydroxylation is 1. The van der Waals surface area contributed by atoms with Crippen LogP contribution in [0.4, 0.5) is 0 Å². The zero-order chi connectivity index (χ0) is 12.0. The summed E-state index contributed by atoms with van der Waals surface area (Å²) in [6.45, 7) is 4.76. The molecule has 0 fully saturated rings. The van der Waals surface area contributed by atoms with E-state index in [1.54, 1.807) is 6.92 Å². The largest absolute Gasteiger partial charge is 0.340 e. The molecule has 17 heavy (non-hydrogen) atoms. The first-order valence-corrected chi connectivity index (χ1v) is 5.98. The monoisotopic (exact) mass is 225 g/mol. The van der Waals surface area contributed by atoms with Gasteiger partial charge < -0.3 is 4.57 Å². The fourth-order valence-corrected chi connectivity index (χ4v) is 2.68. The lowest BCUT2D eigenvalue weighted by Crippen LogP contribution is -2.07. The van der Waals surface area contributed by atoms with Crippen molar-refractivity contribution >= 4 is 22.8 Å². The highest BCUT2D eigenvalue weighted by Crippen LogP contribution is 2.31. The Bertz CT molecular complexity index is 646. The van der Waals surface area contributed by atoms with Crippen LogP contribution in [0, 0.1) is 0 Å². The second-order valence-corrected chi connectivity index (χ2v) is 4.73. The standard InChI is InChI=1S/C15H15NO/c1-10-7-8-16-13-6-4-3-5-12(13)15(11(2)17)14(16)9-10/h3-6,9H,7-8H2,1-2H3. The predicted octanol–water partition coefficient (Wildman–Crippen LogP) is 3.65. The summed E-state index contributed by atoms with van der Waals surface area (Å²) in [5, 5.41) is 1.08. The van der Waals surface area contributed by atoms with Crippen LogP contribution in [0.3, 0.4) is 0 Å². The molecule has 0 saturated heterocycles. The highest BCUT2D eigenvalue weighted by Gasteiger charge is 2.20. The van der Waals surface area contributed by atoms with Gasteiger partial charge in [-0.3, -0.25) is 4.79 Å². The van der Waals surface area contributed by atoms with Crippen LogP contribution in [0.5, 0.6) is 0 Å². The Morgan fingerprint density at radius 2 is 2.06 bits per heavy atom. The average Bonchev–Trinajstić information content (AvgIpc) is 2.62. The second kappa shape index (κ2) is 3.59. The summed E-state index contributed by atoms with van der Waals surface area (Å²) in [6, 6.07) is 8.17. The number of nitrogens with zero attached hydrogens (tertiary/aromatic N) is 1. The van der Waals surface area contributed by atoms with Gasteiger partial charge in [0, 0.05) is 17.4 Å². The van der Waals surface area contributed by atoms with Crippen molar-refractivity contribution in [1.82, 2.24) is 4.57 Å². The van der Waals surface area contributed by atoms with Crippen LogP contribution >= 0.6 is 0 Å². The lowest BCUT2D eigenvalue weighted by atomic mass is 10.0. The van der Waals surface area contributed by atoms with E-state index in [-0.39, 0.29) is 5.78 Å². The van der Waals surface area contributed by atoms with E-state index >= 15 is 0 Å². The molecule has 0 saturated carbocycles. The minimum absolute atomic E-state index is 0.154. The Labute approximate surface area is 101 Å². The Morgan fingerprint density at radius 3 is 2.82 bits per heavy atom. The molecule has 2 heterocycles. The third-order valence-electron chi connectivity index (χ3n) is 3.48. The van der Waals surface area contributed by atoms with Gasteiger partial charge in [0.25, 0.3) is 0 Å². The molecule has 1 aromatic heterocycles. The normalized spacial score (nSPS) is 14.6. The lowest BCUT2D eigenvalue weighted by molar-refractivity contribution is 0.101. The molecule has 1 aromatic carbocycles. The van der Waals surface area contributed by atoms with Crippen molar-refractivity contribution in [3.05, 3.63) is 41.1 Å². The molecule has 0 radical (unpaired) electrons. The molecule has 0 bridgehead atoms. The first kappa shape index (κ1) is 10.3. The second-order valence-electron chi connectivity index (χ2n) is 4.73. The highest BCUT2D eigenvalue weighted by atomic mass is 16.1. The van der Waals surface area contributed by atoms with Crippen molar-refractivity contribution in [1.29, 1.82) is 0 Å². The molecule has 0 amide bonds. The Hall–Kier alpha value is -1.83. The molecule has 0 N–H and O–H groups in total. The quantitative estimate of drug-likeness (QED) is 0.679. The zero-order valence-corrected chi connectivity index (χ0v) is 10.2. The number of carbonyl (C=O) groups is 1. The number of Topliss-reactive ketones (excluding diaryl/α,β-unsaturated/α-hetero) is 1. The molecule has 1 aliphatic heterocycles. The Morgan fingerprint density at radius 1 is 1.29 bits per heavy atom. The van der Waals surface area contributed by atoms with Crippen molar-refractivity contribution in [2.45, 2.75) is 26.8 Å². The van der Waals surface area contributed by atoms with Gasteiger partial charge >= 0.3 is 0 Å². The summed E-state index contributed by atoms with van der Waals surface area (Å²) in [6.07, 6.45) is 3.23. The lowest BCUT2D eigenvalue weighted by Gasteiger charge is -2.15. The number of benzene rings is 1. The van der Waals surface area contributed by atoms with Crippen LogP contribution < -0.4 is 0 Å². The van der Waals surface area contributed by atoms with Crippen LogP contribution in [0.15, 0.2) is 29.8 Å². The first-order valence-electron chi connectivity index (χ1n) is 5.98. The summed E-state index contributed by atoms with van der Waals surface area (Å²) in [4.78, 5) is 11.9. The van der Waals surface area contributed by atoms with Crippen LogP contribution in [0.25, 0.3) is 17.0 Å². The summed E-state index contributed by atoms with van der Waals surface area (Å²) in [5.74, 6) is 0.154. The van der Waals surface area contributed by atoms with Gasteiger partial charge in [0.2, 0.25) is 0 Å². The van der Waals surface area contributed by atoms with Crippen molar-refractivity contribution in [3.8, 4) is 0 Å². The van der Waals surface area contributed by atoms with E-state index in [4.69, 9.17) is 0 Å². The molecule has 3 rings (SSSR count). The fourth-order valence-electron chi connectivity index (χ4n) is 2.68. The number of hydrogen-bond acceptors (Lipinski definition) is 1. The van der Waals surface area contributed by atoms with Gasteiger partial charge in [0.05, 0.1) is 11.3 Å². The molecular formula is C15H15NO. The van der Waals surface area contributed by atoms with Gasteiger partial charge in [-0.1, -0.05) is 23.8 Å². The summed E-state index contributed by atoms with van der Waals surface area (Å²) in [7, 11) is 0. The van der Waals surface area contributed by atoms with Gasteiger partial charge in [0.15, 0.2) is 5.78 Å². The Kier molecular flexibility index (Phi) is 2.18. The van der Waals surface area contributed by atoms with Gasteiger partial charge in [0.1, 0.15) is 0 Å². The van der Waals surface area contributed by atoms with Gasteiger partial charge in [-0.05, 0) is 32.4 Å². The smallest absolute Gasteiger partial charge is 0.162 e. The summed E-state index contributed by atoms with van der Waals surface area (Å²) >= 11 is 0. The number of fused-ring (bicyclic) bond motifs is 3. The summed E-state index contributed by atoms with van der Waals surface area (Å²) in [5.41, 5.74) is 4.49. The van der Waals surface area contributed by atoms with Crippen molar-refractivity contribution in [2.75, 3.05) is 0 Å². The number of para-hydroxylation sites is 1. The zero-order valence-electron chi connectivity index (χ0n) is 10.2. The molecule has 1 aliphatic rings. The minimum atomic E-state index is 0.154. The SMILES string of the molecule is CC(=O)c1c2n(c3ccccc13)CCC(C)=C2. The number of allylic oxidation sites excluding steroid dienone is 1.